The average Bonchev–Trinajstić information content (AvgIpc) is 4.28. The molecule has 0 radical (unpaired) electrons. The van der Waals surface area contributed by atoms with E-state index in [1.165, 1.54) is 81.2 Å². The second-order valence-electron chi connectivity index (χ2n) is 18.8. The lowest BCUT2D eigenvalue weighted by Gasteiger charge is -2.20. The molecule has 2 saturated carbocycles. The first kappa shape index (κ1) is 58.1. The summed E-state index contributed by atoms with van der Waals surface area (Å²) in [6.07, 6.45) is 15.0. The molecule has 0 saturated heterocycles. The Bertz CT molecular complexity index is 3340. The van der Waals surface area contributed by atoms with Crippen LogP contribution in [0.1, 0.15) is 129 Å². The lowest BCUT2D eigenvalue weighted by molar-refractivity contribution is -0.118. The van der Waals surface area contributed by atoms with Gasteiger partial charge in [-0.3, -0.25) is 9.59 Å². The van der Waals surface area contributed by atoms with Crippen molar-refractivity contribution in [1.82, 2.24) is 9.97 Å². The third-order valence-electron chi connectivity index (χ3n) is 13.2. The lowest BCUT2D eigenvalue weighted by Crippen LogP contribution is -2.23. The molecular formula is C54H56N4O16S4. The van der Waals surface area contributed by atoms with E-state index < -0.39 is 55.4 Å². The molecule has 4 N–H and O–H groups in total. The molecule has 20 nitrogen and oxygen atoms in total. The number of amides is 2. The van der Waals surface area contributed by atoms with Crippen LogP contribution in [0, 0.1) is 11.8 Å². The van der Waals surface area contributed by atoms with Gasteiger partial charge in [-0.2, -0.15) is 0 Å². The van der Waals surface area contributed by atoms with Gasteiger partial charge in [0.1, 0.15) is 11.5 Å². The molecule has 2 amide bonds. The van der Waals surface area contributed by atoms with Gasteiger partial charge in [0.15, 0.2) is 29.9 Å². The molecule has 0 unspecified atom stereocenters. The minimum Gasteiger partial charge on any atom is -0.478 e. The number of benzene rings is 4. The van der Waals surface area contributed by atoms with E-state index in [-0.39, 0.29) is 65.6 Å². The van der Waals surface area contributed by atoms with Crippen LogP contribution in [0.2, 0.25) is 0 Å². The van der Waals surface area contributed by atoms with Crippen LogP contribution in [-0.2, 0) is 38.7 Å². The van der Waals surface area contributed by atoms with Gasteiger partial charge in [0.25, 0.3) is 0 Å². The standard InChI is InChI=1S/C28H30N2O8S2.C26H26N2O8S2/c1-36-26(32)19-13-20(27(33)37-2)15-21(14-19)38-24-16-29-28(39-24)30-25(31)23(12-17-6-4-5-7-17)18-8-10-22(11-9-18)40(3,34)35;1-38(34,35)20-8-6-16(7-9-20)21(10-15-4-2-3-5-15)23(29)28-26-27-14-22(37-26)36-19-12-17(24(30)31)11-18(13-19)25(32)33/h8-11,13-17,23H,4-7,12H2,1-3H3,(H,29,30,31);6-9,11-15,21H,2-5,10H2,1H3,(H,30,31)(H,32,33)(H,27,28,29)/t23-;21-/m11/s1. The van der Waals surface area contributed by atoms with Crippen molar-refractivity contribution >= 4 is 88.3 Å². The zero-order valence-electron chi connectivity index (χ0n) is 42.8. The second kappa shape index (κ2) is 25.7. The number of methoxy groups -OCH3 is 2. The molecule has 6 aromatic rings. The summed E-state index contributed by atoms with van der Waals surface area (Å²) in [6.45, 7) is 0. The number of esters is 2. The average molecular weight is 1150 g/mol. The Hall–Kier alpha value is -7.54. The van der Waals surface area contributed by atoms with Crippen molar-refractivity contribution < 1.29 is 74.8 Å². The van der Waals surface area contributed by atoms with E-state index in [2.05, 4.69) is 20.6 Å². The molecule has 0 aliphatic heterocycles. The smallest absolute Gasteiger partial charge is 0.338 e. The predicted octanol–water partition coefficient (Wildman–Crippen LogP) is 10.3. The number of ether oxygens (including phenoxy) is 4. The van der Waals surface area contributed by atoms with Crippen molar-refractivity contribution in [3.63, 3.8) is 0 Å². The van der Waals surface area contributed by atoms with Gasteiger partial charge in [0.05, 0.1) is 70.5 Å². The molecule has 2 aliphatic rings. The molecule has 24 heteroatoms. The number of anilines is 2. The van der Waals surface area contributed by atoms with Gasteiger partial charge in [-0.1, -0.05) is 98.3 Å². The first-order chi connectivity index (χ1) is 37.1. The summed E-state index contributed by atoms with van der Waals surface area (Å²) < 4.78 is 68.5. The number of hydrogen-bond acceptors (Lipinski definition) is 18. The number of hydrogen-bond donors (Lipinski definition) is 4. The molecular weight excluding hydrogens is 1090 g/mol. The molecule has 412 valence electrons. The van der Waals surface area contributed by atoms with Gasteiger partial charge < -0.3 is 39.8 Å². The molecule has 2 atom stereocenters. The van der Waals surface area contributed by atoms with Crippen LogP contribution < -0.4 is 20.1 Å². The Balaban J connectivity index is 0.000000226. The molecule has 2 fully saturated rings. The van der Waals surface area contributed by atoms with Crippen molar-refractivity contribution in [3.8, 4) is 21.6 Å². The minimum absolute atomic E-state index is 0.00824. The summed E-state index contributed by atoms with van der Waals surface area (Å²) >= 11 is 2.09. The first-order valence-electron chi connectivity index (χ1n) is 24.5. The van der Waals surface area contributed by atoms with Crippen LogP contribution >= 0.6 is 22.7 Å². The number of thiazole rings is 2. The minimum atomic E-state index is -3.36. The second-order valence-corrected chi connectivity index (χ2v) is 24.8. The number of carboxylic acid groups (broad SMARTS) is 2. The maximum Gasteiger partial charge on any atom is 0.338 e. The fourth-order valence-electron chi connectivity index (χ4n) is 9.22. The van der Waals surface area contributed by atoms with Crippen molar-refractivity contribution in [2.45, 2.75) is 85.8 Å². The Morgan fingerprint density at radius 2 is 0.885 bits per heavy atom. The Morgan fingerprint density at radius 3 is 1.21 bits per heavy atom. The zero-order chi connectivity index (χ0) is 56.3. The zero-order valence-corrected chi connectivity index (χ0v) is 46.0. The van der Waals surface area contributed by atoms with E-state index in [0.717, 1.165) is 98.2 Å². The van der Waals surface area contributed by atoms with Crippen molar-refractivity contribution in [3.05, 3.63) is 131 Å². The van der Waals surface area contributed by atoms with Gasteiger partial charge in [0, 0.05) is 12.5 Å². The van der Waals surface area contributed by atoms with Gasteiger partial charge in [-0.15, -0.1) is 0 Å². The largest absolute Gasteiger partial charge is 0.478 e. The molecule has 2 aromatic heterocycles. The van der Waals surface area contributed by atoms with E-state index in [1.807, 2.05) is 0 Å². The van der Waals surface area contributed by atoms with Crippen LogP contribution in [0.5, 0.6) is 21.6 Å². The topological polar surface area (TPSA) is 298 Å². The maximum atomic E-state index is 13.4. The number of nitrogens with zero attached hydrogens (tertiary/aromatic N) is 2. The van der Waals surface area contributed by atoms with Crippen molar-refractivity contribution in [2.75, 3.05) is 37.4 Å². The van der Waals surface area contributed by atoms with Crippen LogP contribution in [0.3, 0.4) is 0 Å². The molecule has 4 aromatic carbocycles. The van der Waals surface area contributed by atoms with Crippen molar-refractivity contribution in [2.24, 2.45) is 11.8 Å². The van der Waals surface area contributed by atoms with E-state index in [0.29, 0.717) is 40.4 Å². The van der Waals surface area contributed by atoms with E-state index in [4.69, 9.17) is 18.9 Å². The highest BCUT2D eigenvalue weighted by Gasteiger charge is 2.30. The Labute approximate surface area is 458 Å². The summed E-state index contributed by atoms with van der Waals surface area (Å²) in [5, 5.41) is 25.3. The monoisotopic (exact) mass is 1140 g/mol. The fraction of sp³-hybridized carbons (Fsp3) is 0.333. The summed E-state index contributed by atoms with van der Waals surface area (Å²) in [5.41, 5.74) is 1.18. The molecule has 2 aliphatic carbocycles. The Kier molecular flexibility index (Phi) is 19.2. The number of sulfone groups is 2. The number of carbonyl (C=O) groups is 6. The van der Waals surface area contributed by atoms with Gasteiger partial charge >= 0.3 is 23.9 Å². The number of rotatable bonds is 20. The SMILES string of the molecule is COC(=O)c1cc(Oc2cnc(NC(=O)[C@H](CC3CCCC3)c3ccc(S(C)(=O)=O)cc3)s2)cc(C(=O)OC)c1.CS(=O)(=O)c1ccc([C@@H](CC2CCCC2)C(=O)Nc2ncc(Oc3cc(C(=O)O)cc(C(=O)O)c3)s2)cc1. The van der Waals surface area contributed by atoms with Crippen LogP contribution in [0.4, 0.5) is 10.3 Å². The summed E-state index contributed by atoms with van der Waals surface area (Å²) in [6, 6.07) is 20.4. The predicted molar refractivity (Wildman–Crippen MR) is 289 cm³/mol. The van der Waals surface area contributed by atoms with Crippen LogP contribution in [0.15, 0.2) is 107 Å². The summed E-state index contributed by atoms with van der Waals surface area (Å²) in [4.78, 5) is 82.4. The third kappa shape index (κ3) is 15.8. The maximum absolute atomic E-state index is 13.4. The summed E-state index contributed by atoms with van der Waals surface area (Å²) in [7, 11) is -4.26. The number of carboxylic acids is 2. The quantitative estimate of drug-likeness (QED) is 0.0517. The third-order valence-corrected chi connectivity index (χ3v) is 17.0. The molecule has 0 spiro atoms. The Morgan fingerprint density at radius 1 is 0.551 bits per heavy atom. The van der Waals surface area contributed by atoms with Crippen molar-refractivity contribution in [1.29, 1.82) is 0 Å². The van der Waals surface area contributed by atoms with Gasteiger partial charge in [-0.25, -0.2) is 46.0 Å². The lowest BCUT2D eigenvalue weighted by atomic mass is 9.87. The van der Waals surface area contributed by atoms with Gasteiger partial charge in [-0.05, 0) is 96.5 Å². The first-order valence-corrected chi connectivity index (χ1v) is 29.9. The number of aromatic carboxylic acids is 2. The van der Waals surface area contributed by atoms with Crippen LogP contribution in [-0.4, -0.2) is 99.4 Å². The number of aromatic nitrogens is 2. The number of carbonyl (C=O) groups excluding carboxylic acids is 4. The summed E-state index contributed by atoms with van der Waals surface area (Å²) in [5.74, 6) is -4.42. The molecule has 2 heterocycles. The fourth-order valence-corrected chi connectivity index (χ4v) is 11.9. The number of nitrogens with one attached hydrogen (secondary N) is 2. The molecule has 78 heavy (non-hydrogen) atoms. The normalized spacial score (nSPS) is 14.5. The highest BCUT2D eigenvalue weighted by Crippen LogP contribution is 2.39. The van der Waals surface area contributed by atoms with E-state index in [9.17, 15) is 55.8 Å². The molecule has 0 bridgehead atoms. The highest BCUT2D eigenvalue weighted by molar-refractivity contribution is 7.91. The molecule has 8 rings (SSSR count). The van der Waals surface area contributed by atoms with E-state index in [1.54, 1.807) is 24.3 Å². The highest BCUT2D eigenvalue weighted by atomic mass is 32.2. The van der Waals surface area contributed by atoms with Gasteiger partial charge in [0.2, 0.25) is 21.9 Å². The van der Waals surface area contributed by atoms with Crippen LogP contribution in [0.25, 0.3) is 0 Å². The van der Waals surface area contributed by atoms with E-state index >= 15 is 0 Å².